The summed E-state index contributed by atoms with van der Waals surface area (Å²) in [5.41, 5.74) is 0.340. The van der Waals surface area contributed by atoms with Gasteiger partial charge in [-0.3, -0.25) is 4.79 Å². The lowest BCUT2D eigenvalue weighted by Crippen LogP contribution is -3.00. The minimum absolute atomic E-state index is 0. The molecule has 0 atom stereocenters. The van der Waals surface area contributed by atoms with Gasteiger partial charge in [-0.1, -0.05) is 6.07 Å². The van der Waals surface area contributed by atoms with Gasteiger partial charge in [0.15, 0.2) is 11.5 Å². The molecular formula is C9H9ClO5. The van der Waals surface area contributed by atoms with E-state index >= 15 is 0 Å². The number of aromatic hydroxyl groups is 2. The molecule has 0 bridgehead atoms. The largest absolute Gasteiger partial charge is 1.00 e. The van der Waals surface area contributed by atoms with Gasteiger partial charge >= 0.3 is 7.40 Å². The van der Waals surface area contributed by atoms with Gasteiger partial charge in [0.25, 0.3) is 0 Å². The molecule has 0 aliphatic rings. The highest BCUT2D eigenvalue weighted by molar-refractivity contribution is 6.33. The van der Waals surface area contributed by atoms with E-state index in [1.807, 2.05) is 0 Å². The standard InChI is InChI=1S/C9H8O5.ClH/c10-6-2-1-5(3-7(6)11)4-8(12)9(13)14;/h1-3,10-11H,4H2,(H,13,14);1H. The van der Waals surface area contributed by atoms with E-state index in [1.54, 1.807) is 0 Å². The minimum Gasteiger partial charge on any atom is -1.00 e. The number of halogens is 1. The maximum absolute atomic E-state index is 10.8. The van der Waals surface area contributed by atoms with E-state index in [4.69, 9.17) is 15.3 Å². The van der Waals surface area contributed by atoms with Gasteiger partial charge in [0, 0.05) is 6.42 Å². The van der Waals surface area contributed by atoms with Gasteiger partial charge in [-0.2, -0.15) is 0 Å². The number of ketones is 1. The number of carboxylic acids is 1. The van der Waals surface area contributed by atoms with Gasteiger partial charge < -0.3 is 27.7 Å². The van der Waals surface area contributed by atoms with Crippen LogP contribution in [0.1, 0.15) is 6.99 Å². The van der Waals surface area contributed by atoms with Crippen LogP contribution in [0.3, 0.4) is 0 Å². The number of carbonyl (C=O) groups is 2. The van der Waals surface area contributed by atoms with Crippen molar-refractivity contribution >= 4 is 11.8 Å². The number of phenolic OH excluding ortho intramolecular Hbond substituents is 2. The van der Waals surface area contributed by atoms with E-state index in [-0.39, 0.29) is 31.8 Å². The minimum atomic E-state index is -1.52. The molecule has 0 saturated heterocycles. The monoisotopic (exact) mass is 232 g/mol. The fourth-order valence-electron chi connectivity index (χ4n) is 0.940. The topological polar surface area (TPSA) is 94.8 Å². The van der Waals surface area contributed by atoms with Crippen LogP contribution in [0.4, 0.5) is 0 Å². The number of benzene rings is 1. The van der Waals surface area contributed by atoms with Gasteiger partial charge in [0.05, 0.1) is 0 Å². The molecule has 0 heterocycles. The summed E-state index contributed by atoms with van der Waals surface area (Å²) in [6.07, 6.45) is -0.302. The van der Waals surface area contributed by atoms with Crippen LogP contribution in [0.5, 0.6) is 11.5 Å². The molecule has 1 rings (SSSR count). The van der Waals surface area contributed by atoms with Crippen molar-refractivity contribution in [2.75, 3.05) is 0 Å². The van der Waals surface area contributed by atoms with Crippen LogP contribution < -0.4 is 12.4 Å². The number of rotatable bonds is 3. The Kier molecular flexibility index (Phi) is 4.60. The Labute approximate surface area is 92.9 Å². The molecule has 0 spiro atoms. The predicted molar refractivity (Wildman–Crippen MR) is 47.2 cm³/mol. The average Bonchev–Trinajstić information content (AvgIpc) is 2.11. The second kappa shape index (κ2) is 5.21. The van der Waals surface area contributed by atoms with Crippen molar-refractivity contribution in [2.24, 2.45) is 0 Å². The first-order valence-electron chi connectivity index (χ1n) is 3.77. The Morgan fingerprint density at radius 2 is 1.80 bits per heavy atom. The summed E-state index contributed by atoms with van der Waals surface area (Å²) in [5, 5.41) is 26.3. The lowest BCUT2D eigenvalue weighted by Gasteiger charge is -2.00. The van der Waals surface area contributed by atoms with Gasteiger partial charge in [0.1, 0.15) is 0 Å². The Hall–Kier alpha value is -1.75. The zero-order valence-electron chi connectivity index (χ0n) is 8.48. The van der Waals surface area contributed by atoms with Crippen LogP contribution in [-0.4, -0.2) is 27.1 Å². The van der Waals surface area contributed by atoms with Crippen LogP contribution in [0.25, 0.3) is 0 Å². The van der Waals surface area contributed by atoms with E-state index in [9.17, 15) is 9.59 Å². The molecule has 3 N–H and O–H groups in total. The van der Waals surface area contributed by atoms with Crippen molar-refractivity contribution in [3.05, 3.63) is 23.8 Å². The summed E-state index contributed by atoms with van der Waals surface area (Å²) < 4.78 is 0. The molecule has 1 aromatic rings. The fraction of sp³-hybridized carbons (Fsp3) is 0.111. The molecule has 0 saturated carbocycles. The molecular weight excluding hydrogens is 224 g/mol. The van der Waals surface area contributed by atoms with E-state index in [0.29, 0.717) is 5.56 Å². The molecule has 0 fully saturated rings. The van der Waals surface area contributed by atoms with Crippen molar-refractivity contribution in [1.29, 1.82) is 0 Å². The van der Waals surface area contributed by atoms with Gasteiger partial charge in [-0.05, 0) is 17.7 Å². The van der Waals surface area contributed by atoms with E-state index in [0.717, 1.165) is 6.07 Å². The van der Waals surface area contributed by atoms with Gasteiger partial charge in [-0.25, -0.2) is 4.79 Å². The normalized spacial score (nSPS) is 9.07. The Bertz CT molecular complexity index is 393. The van der Waals surface area contributed by atoms with Crippen molar-refractivity contribution < 1.29 is 38.7 Å². The van der Waals surface area contributed by atoms with Gasteiger partial charge in [-0.15, -0.1) is 0 Å². The summed E-state index contributed by atoms with van der Waals surface area (Å²) in [4.78, 5) is 21.0. The van der Waals surface area contributed by atoms with Gasteiger partial charge in [0.2, 0.25) is 5.78 Å². The Balaban J connectivity index is 0. The maximum atomic E-state index is 10.8. The zero-order chi connectivity index (χ0) is 10.7. The molecule has 15 heavy (non-hydrogen) atoms. The number of hydrogen-bond acceptors (Lipinski definition) is 4. The third kappa shape index (κ3) is 3.47. The highest BCUT2D eigenvalue weighted by Crippen LogP contribution is 2.24. The highest BCUT2D eigenvalue weighted by atomic mass is 35.5. The summed E-state index contributed by atoms with van der Waals surface area (Å²) >= 11 is 0. The molecule has 5 nitrogen and oxygen atoms in total. The molecule has 82 valence electrons. The quantitative estimate of drug-likeness (QED) is 0.393. The summed E-state index contributed by atoms with van der Waals surface area (Å²) in [6, 6.07) is 3.71. The van der Waals surface area contributed by atoms with Crippen molar-refractivity contribution in [1.82, 2.24) is 0 Å². The molecule has 0 amide bonds. The van der Waals surface area contributed by atoms with Crippen LogP contribution in [0, 0.1) is 0 Å². The lowest BCUT2D eigenvalue weighted by atomic mass is 10.1. The fourth-order valence-corrected chi connectivity index (χ4v) is 0.940. The summed E-state index contributed by atoms with van der Waals surface area (Å²) in [6.45, 7) is 0. The van der Waals surface area contributed by atoms with E-state index in [1.165, 1.54) is 12.1 Å². The predicted octanol–water partition coefficient (Wildman–Crippen LogP) is -2.59. The summed E-state index contributed by atoms with van der Waals surface area (Å²) in [7, 11) is 0. The van der Waals surface area contributed by atoms with Crippen LogP contribution in [-0.2, 0) is 16.0 Å². The molecule has 0 aromatic heterocycles. The van der Waals surface area contributed by atoms with Crippen LogP contribution in [0.15, 0.2) is 18.2 Å². The first-order valence-corrected chi connectivity index (χ1v) is 3.77. The number of hydrogen-bond donors (Lipinski definition) is 3. The molecule has 1 aromatic carbocycles. The first-order chi connectivity index (χ1) is 6.50. The molecule has 0 radical (unpaired) electrons. The van der Waals surface area contributed by atoms with Crippen LogP contribution in [0.2, 0.25) is 0 Å². The third-order valence-corrected chi connectivity index (χ3v) is 1.64. The summed E-state index contributed by atoms with van der Waals surface area (Å²) in [5.74, 6) is -3.16. The molecule has 0 unspecified atom stereocenters. The van der Waals surface area contributed by atoms with E-state index in [2.05, 4.69) is 0 Å². The first kappa shape index (κ1) is 13.2. The number of aliphatic carboxylic acids is 1. The second-order valence-electron chi connectivity index (χ2n) is 2.73. The molecule has 0 aliphatic heterocycles. The second-order valence-corrected chi connectivity index (χ2v) is 2.73. The van der Waals surface area contributed by atoms with Crippen molar-refractivity contribution in [3.63, 3.8) is 0 Å². The third-order valence-electron chi connectivity index (χ3n) is 1.64. The molecule has 0 aliphatic carbocycles. The zero-order valence-corrected chi connectivity index (χ0v) is 8.23. The van der Waals surface area contributed by atoms with Crippen LogP contribution >= 0.6 is 0 Å². The number of carbonyl (C=O) groups excluding carboxylic acids is 1. The molecule has 6 heteroatoms. The lowest BCUT2D eigenvalue weighted by molar-refractivity contribution is -0.148. The Morgan fingerprint density at radius 1 is 1.20 bits per heavy atom. The number of phenols is 2. The average molecular weight is 233 g/mol. The number of Topliss-reactive ketones (excluding diaryl/α,β-unsaturated/α-hetero) is 1. The van der Waals surface area contributed by atoms with Crippen molar-refractivity contribution in [3.8, 4) is 11.5 Å². The smallest absolute Gasteiger partial charge is 1.00 e. The van der Waals surface area contributed by atoms with Crippen molar-refractivity contribution in [2.45, 2.75) is 6.42 Å². The SMILES string of the molecule is O=C(O)C(=O)Cc1ccc(O)c(O)c1.[Cl-].[H+]. The maximum Gasteiger partial charge on any atom is 1.00 e. The van der Waals surface area contributed by atoms with E-state index < -0.39 is 11.8 Å². The Morgan fingerprint density at radius 3 is 2.27 bits per heavy atom. The highest BCUT2D eigenvalue weighted by Gasteiger charge is 2.12. The number of carboxylic acid groups (broad SMARTS) is 1.